The van der Waals surface area contributed by atoms with Gasteiger partial charge < -0.3 is 5.32 Å². The largest absolute Gasteiger partial charge is 0.311 e. The number of amides is 1. The van der Waals surface area contributed by atoms with Gasteiger partial charge in [0.15, 0.2) is 0 Å². The van der Waals surface area contributed by atoms with E-state index in [-0.39, 0.29) is 11.7 Å². The van der Waals surface area contributed by atoms with E-state index in [0.29, 0.717) is 12.0 Å². The van der Waals surface area contributed by atoms with Crippen LogP contribution in [0.5, 0.6) is 0 Å². The molecule has 0 saturated carbocycles. The zero-order valence-corrected chi connectivity index (χ0v) is 7.42. The Bertz CT molecular complexity index is 306. The third-order valence-electron chi connectivity index (χ3n) is 1.59. The molecule has 0 aliphatic rings. The summed E-state index contributed by atoms with van der Waals surface area (Å²) in [6.07, 6.45) is 0.390. The lowest BCUT2D eigenvalue weighted by atomic mass is 10.2. The van der Waals surface area contributed by atoms with Crippen molar-refractivity contribution < 1.29 is 4.79 Å². The highest BCUT2D eigenvalue weighted by Gasteiger charge is 2.02. The molecule has 0 unspecified atom stereocenters. The predicted octanol–water partition coefficient (Wildman–Crippen LogP) is 1.34. The second-order valence-electron chi connectivity index (χ2n) is 2.57. The third-order valence-corrected chi connectivity index (χ3v) is 1.59. The molecular weight excluding hydrogens is 164 g/mol. The molecule has 1 rings (SSSR count). The highest BCUT2D eigenvalue weighted by molar-refractivity contribution is 6.06. The first-order valence-electron chi connectivity index (χ1n) is 4.09. The minimum atomic E-state index is -0.141. The molecule has 1 amide bonds. The normalized spacial score (nSPS) is 9.31. The zero-order chi connectivity index (χ0) is 9.68. The first-order valence-corrected chi connectivity index (χ1v) is 4.09. The van der Waals surface area contributed by atoms with Gasteiger partial charge in [-0.15, -0.1) is 0 Å². The Morgan fingerprint density at radius 3 is 2.69 bits per heavy atom. The average Bonchev–Trinajstić information content (AvgIpc) is 2.19. The topological polar surface area (TPSA) is 53.0 Å². The standard InChI is InChI=1S/C10H11N2O/c1-2-9(13)12-10(11)8-6-4-3-5-7-8/h4-7H,2H2,1H3,(H2,11,12,13). The van der Waals surface area contributed by atoms with E-state index in [2.05, 4.69) is 11.4 Å². The van der Waals surface area contributed by atoms with Crippen LogP contribution in [0.25, 0.3) is 0 Å². The number of carbonyl (C=O) groups excluding carboxylic acids is 1. The lowest BCUT2D eigenvalue weighted by molar-refractivity contribution is -0.119. The minimum Gasteiger partial charge on any atom is -0.311 e. The molecule has 3 heteroatoms. The van der Waals surface area contributed by atoms with Crippen LogP contribution in [0, 0.1) is 11.5 Å². The number of hydrogen-bond acceptors (Lipinski definition) is 2. The van der Waals surface area contributed by atoms with Crippen molar-refractivity contribution >= 4 is 11.7 Å². The number of benzene rings is 1. The minimum absolute atomic E-state index is 0.140. The van der Waals surface area contributed by atoms with E-state index in [0.717, 1.165) is 0 Å². The summed E-state index contributed by atoms with van der Waals surface area (Å²) >= 11 is 0. The summed E-state index contributed by atoms with van der Waals surface area (Å²) in [6.45, 7) is 1.75. The quantitative estimate of drug-likeness (QED) is 0.517. The summed E-state index contributed by atoms with van der Waals surface area (Å²) in [5.41, 5.74) is 0.695. The predicted molar refractivity (Wildman–Crippen MR) is 50.5 cm³/mol. The summed E-state index contributed by atoms with van der Waals surface area (Å²) in [5, 5.41) is 9.99. The van der Waals surface area contributed by atoms with E-state index in [1.807, 2.05) is 0 Å². The van der Waals surface area contributed by atoms with E-state index in [4.69, 9.17) is 5.41 Å². The van der Waals surface area contributed by atoms with Gasteiger partial charge >= 0.3 is 0 Å². The summed E-state index contributed by atoms with van der Waals surface area (Å²) in [7, 11) is 0. The molecule has 0 aliphatic carbocycles. The Morgan fingerprint density at radius 2 is 2.15 bits per heavy atom. The van der Waals surface area contributed by atoms with Gasteiger partial charge in [-0.1, -0.05) is 31.2 Å². The molecule has 0 heterocycles. The summed E-state index contributed by atoms with van der Waals surface area (Å²) < 4.78 is 0. The Hall–Kier alpha value is -1.64. The second-order valence-corrected chi connectivity index (χ2v) is 2.57. The summed E-state index contributed by atoms with van der Waals surface area (Å²) in [4.78, 5) is 10.9. The van der Waals surface area contributed by atoms with Crippen LogP contribution in [0.3, 0.4) is 0 Å². The van der Waals surface area contributed by atoms with E-state index < -0.39 is 0 Å². The van der Waals surface area contributed by atoms with Crippen molar-refractivity contribution in [2.45, 2.75) is 13.3 Å². The summed E-state index contributed by atoms with van der Waals surface area (Å²) in [6, 6.07) is 9.73. The van der Waals surface area contributed by atoms with E-state index >= 15 is 0 Å². The molecule has 0 spiro atoms. The molecule has 0 aliphatic heterocycles. The van der Waals surface area contributed by atoms with Gasteiger partial charge in [0, 0.05) is 12.0 Å². The van der Waals surface area contributed by atoms with Gasteiger partial charge in [0.1, 0.15) is 5.84 Å². The maximum atomic E-state index is 10.9. The molecule has 0 saturated heterocycles. The molecule has 1 aromatic carbocycles. The highest BCUT2D eigenvalue weighted by Crippen LogP contribution is 1.97. The number of amidine groups is 1. The van der Waals surface area contributed by atoms with E-state index in [1.165, 1.54) is 0 Å². The monoisotopic (exact) mass is 175 g/mol. The van der Waals surface area contributed by atoms with Crippen LogP contribution >= 0.6 is 0 Å². The second kappa shape index (κ2) is 4.40. The maximum Gasteiger partial charge on any atom is 0.225 e. The molecule has 0 aromatic heterocycles. The van der Waals surface area contributed by atoms with Crippen molar-refractivity contribution in [3.8, 4) is 0 Å². The van der Waals surface area contributed by atoms with Crippen LogP contribution in [0.1, 0.15) is 18.9 Å². The van der Waals surface area contributed by atoms with Crippen LogP contribution in [0.15, 0.2) is 24.3 Å². The van der Waals surface area contributed by atoms with Crippen LogP contribution < -0.4 is 5.32 Å². The van der Waals surface area contributed by atoms with E-state index in [1.54, 1.807) is 31.2 Å². The van der Waals surface area contributed by atoms with Crippen LogP contribution in [0.2, 0.25) is 0 Å². The molecule has 0 atom stereocenters. The number of rotatable bonds is 2. The highest BCUT2D eigenvalue weighted by atomic mass is 16.1. The van der Waals surface area contributed by atoms with Gasteiger partial charge in [-0.05, 0) is 6.07 Å². The van der Waals surface area contributed by atoms with Crippen molar-refractivity contribution in [3.63, 3.8) is 0 Å². The molecule has 67 valence electrons. The molecule has 1 aromatic rings. The van der Waals surface area contributed by atoms with Gasteiger partial charge in [-0.2, -0.15) is 0 Å². The molecule has 13 heavy (non-hydrogen) atoms. The zero-order valence-electron chi connectivity index (χ0n) is 7.42. The summed E-state index contributed by atoms with van der Waals surface area (Å²) in [5.74, 6) is -0.00122. The van der Waals surface area contributed by atoms with Gasteiger partial charge in [0.05, 0.1) is 0 Å². The fourth-order valence-corrected chi connectivity index (χ4v) is 0.854. The van der Waals surface area contributed by atoms with Crippen molar-refractivity contribution in [2.75, 3.05) is 0 Å². The van der Waals surface area contributed by atoms with Crippen molar-refractivity contribution in [1.29, 1.82) is 5.41 Å². The van der Waals surface area contributed by atoms with Gasteiger partial charge in [-0.3, -0.25) is 10.2 Å². The number of nitrogens with one attached hydrogen (secondary N) is 2. The molecule has 0 bridgehead atoms. The molecule has 1 radical (unpaired) electrons. The van der Waals surface area contributed by atoms with Crippen molar-refractivity contribution in [1.82, 2.24) is 5.32 Å². The number of hydrogen-bond donors (Lipinski definition) is 2. The van der Waals surface area contributed by atoms with Crippen LogP contribution in [-0.2, 0) is 4.79 Å². The Morgan fingerprint density at radius 1 is 1.54 bits per heavy atom. The molecule has 3 nitrogen and oxygen atoms in total. The SMILES string of the molecule is CCC(=O)NC(=N)c1cc[c]cc1. The third kappa shape index (κ3) is 2.71. The molecule has 2 N–H and O–H groups in total. The van der Waals surface area contributed by atoms with Crippen LogP contribution in [-0.4, -0.2) is 11.7 Å². The fraction of sp³-hybridized carbons (Fsp3) is 0.200. The van der Waals surface area contributed by atoms with Gasteiger partial charge in [0.25, 0.3) is 0 Å². The van der Waals surface area contributed by atoms with Crippen molar-refractivity contribution in [3.05, 3.63) is 35.9 Å². The average molecular weight is 175 g/mol. The van der Waals surface area contributed by atoms with Crippen LogP contribution in [0.4, 0.5) is 0 Å². The smallest absolute Gasteiger partial charge is 0.225 e. The van der Waals surface area contributed by atoms with Gasteiger partial charge in [0.2, 0.25) is 5.91 Å². The Balaban J connectivity index is 2.65. The first-order chi connectivity index (χ1) is 6.24. The van der Waals surface area contributed by atoms with Crippen molar-refractivity contribution in [2.24, 2.45) is 0 Å². The molecule has 0 fully saturated rings. The maximum absolute atomic E-state index is 10.9. The van der Waals surface area contributed by atoms with E-state index in [9.17, 15) is 4.79 Å². The lowest BCUT2D eigenvalue weighted by Gasteiger charge is -2.04. The molecular formula is C10H11N2O. The first kappa shape index (κ1) is 9.45. The van der Waals surface area contributed by atoms with Gasteiger partial charge in [-0.25, -0.2) is 0 Å². The fourth-order valence-electron chi connectivity index (χ4n) is 0.854. The number of carbonyl (C=O) groups is 1. The lowest BCUT2D eigenvalue weighted by Crippen LogP contribution is -2.29. The Kier molecular flexibility index (Phi) is 3.20. The Labute approximate surface area is 77.3 Å².